The number of fused-ring (bicyclic) bond motifs is 11. The molecular weight excluding hydrogens is 693 g/mol. The third kappa shape index (κ3) is 4.99. The van der Waals surface area contributed by atoms with Gasteiger partial charge in [0.2, 0.25) is 0 Å². The summed E-state index contributed by atoms with van der Waals surface area (Å²) in [6, 6.07) is 74.6. The molecule has 266 valence electrons. The van der Waals surface area contributed by atoms with E-state index >= 15 is 0 Å². The average Bonchev–Trinajstić information content (AvgIpc) is 3.83. The summed E-state index contributed by atoms with van der Waals surface area (Å²) in [7, 11) is 0. The highest BCUT2D eigenvalue weighted by Crippen LogP contribution is 2.41. The summed E-state index contributed by atoms with van der Waals surface area (Å²) in [6.45, 7) is 0. The van der Waals surface area contributed by atoms with Gasteiger partial charge in [-0.05, 0) is 122 Å². The SMILES string of the molecule is c1ccc2c(c1)ccc1cc(-c3ccc(N(c4ccc(-n5c6ccccc6c6c7ccccc7ccc65)cc4)c4ccc5oc6ccccc6c5c4)cc3)ccc12. The van der Waals surface area contributed by atoms with Crippen LogP contribution in [0.1, 0.15) is 0 Å². The first-order valence-electron chi connectivity index (χ1n) is 19.5. The highest BCUT2D eigenvalue weighted by molar-refractivity contribution is 6.21. The number of hydrogen-bond donors (Lipinski definition) is 0. The molecule has 2 aromatic heterocycles. The van der Waals surface area contributed by atoms with Crippen LogP contribution in [-0.4, -0.2) is 4.57 Å². The minimum absolute atomic E-state index is 0.883. The minimum Gasteiger partial charge on any atom is -0.456 e. The van der Waals surface area contributed by atoms with E-state index in [1.807, 2.05) is 12.1 Å². The standard InChI is InChI=1S/C54H34N2O/c1-3-11-44-36(9-1)17-18-39-33-38(21-30-45(39)44)35-19-23-40(24-20-35)55(43-29-32-53-49(34-43)47-13-6-8-16-52(47)57-53)41-25-27-42(28-26-41)56-50-15-7-5-14-48(50)54-46-12-4-2-10-37(46)22-31-51(54)56/h1-34H. The van der Waals surface area contributed by atoms with Crippen molar-refractivity contribution >= 4 is 93.1 Å². The summed E-state index contributed by atoms with van der Waals surface area (Å²) in [4.78, 5) is 2.35. The van der Waals surface area contributed by atoms with Gasteiger partial charge in [-0.25, -0.2) is 0 Å². The Morgan fingerprint density at radius 2 is 0.912 bits per heavy atom. The van der Waals surface area contributed by atoms with Crippen LogP contribution in [0.15, 0.2) is 211 Å². The first-order valence-corrected chi connectivity index (χ1v) is 19.5. The van der Waals surface area contributed by atoms with Gasteiger partial charge in [-0.15, -0.1) is 0 Å². The Balaban J connectivity index is 0.986. The molecule has 3 heteroatoms. The second-order valence-corrected chi connectivity index (χ2v) is 14.9. The highest BCUT2D eigenvalue weighted by Gasteiger charge is 2.18. The normalized spacial score (nSPS) is 11.9. The number of furan rings is 1. The number of benzene rings is 10. The van der Waals surface area contributed by atoms with Gasteiger partial charge in [0.15, 0.2) is 0 Å². The summed E-state index contributed by atoms with van der Waals surface area (Å²) >= 11 is 0. The fourth-order valence-corrected chi connectivity index (χ4v) is 9.06. The van der Waals surface area contributed by atoms with Crippen molar-refractivity contribution in [2.45, 2.75) is 0 Å². The van der Waals surface area contributed by atoms with Crippen LogP contribution < -0.4 is 4.90 Å². The largest absolute Gasteiger partial charge is 0.456 e. The summed E-state index contributed by atoms with van der Waals surface area (Å²) in [6.07, 6.45) is 0. The zero-order chi connectivity index (χ0) is 37.5. The summed E-state index contributed by atoms with van der Waals surface area (Å²) in [5, 5.41) is 12.4. The zero-order valence-corrected chi connectivity index (χ0v) is 30.9. The number of anilines is 3. The fourth-order valence-electron chi connectivity index (χ4n) is 9.06. The van der Waals surface area contributed by atoms with Crippen molar-refractivity contribution in [3.05, 3.63) is 206 Å². The van der Waals surface area contributed by atoms with Gasteiger partial charge in [0.1, 0.15) is 11.2 Å². The maximum Gasteiger partial charge on any atom is 0.135 e. The Kier molecular flexibility index (Phi) is 6.93. The van der Waals surface area contributed by atoms with Crippen molar-refractivity contribution < 1.29 is 4.42 Å². The maximum absolute atomic E-state index is 6.25. The summed E-state index contributed by atoms with van der Waals surface area (Å²) < 4.78 is 8.65. The molecule has 0 fully saturated rings. The van der Waals surface area contributed by atoms with E-state index in [9.17, 15) is 0 Å². The van der Waals surface area contributed by atoms with Gasteiger partial charge >= 0.3 is 0 Å². The Morgan fingerprint density at radius 1 is 0.333 bits per heavy atom. The summed E-state index contributed by atoms with van der Waals surface area (Å²) in [5.74, 6) is 0. The molecule has 0 atom stereocenters. The lowest BCUT2D eigenvalue weighted by Gasteiger charge is -2.26. The molecule has 0 aliphatic carbocycles. The van der Waals surface area contributed by atoms with Crippen LogP contribution >= 0.6 is 0 Å². The van der Waals surface area contributed by atoms with E-state index < -0.39 is 0 Å². The van der Waals surface area contributed by atoms with Crippen molar-refractivity contribution in [3.8, 4) is 16.8 Å². The molecule has 0 radical (unpaired) electrons. The molecule has 12 aromatic rings. The third-order valence-electron chi connectivity index (χ3n) is 11.8. The average molecular weight is 727 g/mol. The smallest absolute Gasteiger partial charge is 0.135 e. The third-order valence-corrected chi connectivity index (χ3v) is 11.8. The molecule has 0 spiro atoms. The van der Waals surface area contributed by atoms with E-state index in [0.29, 0.717) is 0 Å². The molecular formula is C54H34N2O. The molecule has 10 aromatic carbocycles. The molecule has 0 bridgehead atoms. The maximum atomic E-state index is 6.25. The van der Waals surface area contributed by atoms with Crippen LogP contribution in [0.4, 0.5) is 17.1 Å². The lowest BCUT2D eigenvalue weighted by molar-refractivity contribution is 0.669. The lowest BCUT2D eigenvalue weighted by Crippen LogP contribution is -2.10. The Labute approximate surface area is 328 Å². The van der Waals surface area contributed by atoms with Crippen molar-refractivity contribution in [2.24, 2.45) is 0 Å². The van der Waals surface area contributed by atoms with E-state index in [-0.39, 0.29) is 0 Å². The molecule has 3 nitrogen and oxygen atoms in total. The van der Waals surface area contributed by atoms with Gasteiger partial charge < -0.3 is 13.9 Å². The van der Waals surface area contributed by atoms with Gasteiger partial charge in [-0.1, -0.05) is 127 Å². The molecule has 12 rings (SSSR count). The predicted molar refractivity (Wildman–Crippen MR) is 241 cm³/mol. The lowest BCUT2D eigenvalue weighted by atomic mass is 9.97. The molecule has 57 heavy (non-hydrogen) atoms. The van der Waals surface area contributed by atoms with Crippen LogP contribution in [-0.2, 0) is 0 Å². The summed E-state index contributed by atoms with van der Waals surface area (Å²) in [5.41, 5.74) is 10.9. The predicted octanol–water partition coefficient (Wildman–Crippen LogP) is 15.3. The molecule has 0 unspecified atom stereocenters. The number of hydrogen-bond acceptors (Lipinski definition) is 2. The quantitative estimate of drug-likeness (QED) is 0.165. The van der Waals surface area contributed by atoms with Crippen molar-refractivity contribution in [1.82, 2.24) is 4.57 Å². The number of aromatic nitrogens is 1. The Morgan fingerprint density at radius 3 is 1.74 bits per heavy atom. The van der Waals surface area contributed by atoms with Crippen LogP contribution in [0.5, 0.6) is 0 Å². The van der Waals surface area contributed by atoms with Gasteiger partial charge in [0.05, 0.1) is 11.0 Å². The molecule has 0 aliphatic rings. The molecule has 0 saturated heterocycles. The molecule has 2 heterocycles. The van der Waals surface area contributed by atoms with Crippen LogP contribution in [0.3, 0.4) is 0 Å². The fraction of sp³-hybridized carbons (Fsp3) is 0. The van der Waals surface area contributed by atoms with E-state index in [1.165, 1.54) is 65.3 Å². The van der Waals surface area contributed by atoms with Crippen molar-refractivity contribution in [1.29, 1.82) is 0 Å². The van der Waals surface area contributed by atoms with Crippen LogP contribution in [0, 0.1) is 0 Å². The Hall–Kier alpha value is -7.62. The second kappa shape index (κ2) is 12.5. The van der Waals surface area contributed by atoms with Gasteiger partial charge in [-0.3, -0.25) is 0 Å². The monoisotopic (exact) mass is 726 g/mol. The topological polar surface area (TPSA) is 21.3 Å². The van der Waals surface area contributed by atoms with Crippen LogP contribution in [0.2, 0.25) is 0 Å². The molecule has 0 saturated carbocycles. The number of nitrogens with zero attached hydrogens (tertiary/aromatic N) is 2. The van der Waals surface area contributed by atoms with Gasteiger partial charge in [0, 0.05) is 44.3 Å². The van der Waals surface area contributed by atoms with Crippen LogP contribution in [0.25, 0.3) is 92.9 Å². The van der Waals surface area contributed by atoms with Gasteiger partial charge in [0.25, 0.3) is 0 Å². The van der Waals surface area contributed by atoms with Gasteiger partial charge in [-0.2, -0.15) is 0 Å². The minimum atomic E-state index is 0.883. The first-order chi connectivity index (χ1) is 28.2. The number of rotatable bonds is 5. The second-order valence-electron chi connectivity index (χ2n) is 14.9. The number of para-hydroxylation sites is 2. The van der Waals surface area contributed by atoms with Crippen molar-refractivity contribution in [2.75, 3.05) is 4.90 Å². The van der Waals surface area contributed by atoms with E-state index in [4.69, 9.17) is 4.42 Å². The highest BCUT2D eigenvalue weighted by atomic mass is 16.3. The molecule has 0 N–H and O–H groups in total. The molecule has 0 aliphatic heterocycles. The first kappa shape index (κ1) is 31.7. The Bertz CT molecular complexity index is 3520. The van der Waals surface area contributed by atoms with Crippen molar-refractivity contribution in [3.63, 3.8) is 0 Å². The van der Waals surface area contributed by atoms with E-state index in [1.54, 1.807) is 0 Å². The van der Waals surface area contributed by atoms with E-state index in [2.05, 4.69) is 204 Å². The van der Waals surface area contributed by atoms with E-state index in [0.717, 1.165) is 44.7 Å². The zero-order valence-electron chi connectivity index (χ0n) is 30.9. The molecule has 0 amide bonds.